The van der Waals surface area contributed by atoms with Crippen LogP contribution >= 0.6 is 34.3 Å². The Kier molecular flexibility index (Phi) is 12.8. The summed E-state index contributed by atoms with van der Waals surface area (Å²) in [6.07, 6.45) is 7.80. The average molecular weight is 453 g/mol. The minimum atomic E-state index is 0.290. The van der Waals surface area contributed by atoms with Crippen LogP contribution in [0, 0.1) is 6.92 Å². The number of anilines is 1. The van der Waals surface area contributed by atoms with E-state index in [-0.39, 0.29) is 5.28 Å². The van der Waals surface area contributed by atoms with E-state index in [9.17, 15) is 0 Å². The molecular formula is C22H33ClN4S2. The number of allylic oxidation sites excluding steroid dienone is 1. The molecule has 0 saturated heterocycles. The highest BCUT2D eigenvalue weighted by molar-refractivity contribution is 7.18. The molecule has 0 aromatic carbocycles. The van der Waals surface area contributed by atoms with Crippen molar-refractivity contribution in [3.63, 3.8) is 0 Å². The second-order valence-electron chi connectivity index (χ2n) is 5.92. The van der Waals surface area contributed by atoms with Gasteiger partial charge in [-0.2, -0.15) is 4.98 Å². The van der Waals surface area contributed by atoms with Gasteiger partial charge in [-0.05, 0) is 60.2 Å². The number of hydrogen-bond acceptors (Lipinski definition) is 6. The SMILES string of the molecule is CC.CC.Cc1csc2c(NCc3cccs3)nc(Cl)nc12.NC1CC=CCC1. The van der Waals surface area contributed by atoms with E-state index in [0.29, 0.717) is 6.04 Å². The summed E-state index contributed by atoms with van der Waals surface area (Å²) in [5.41, 5.74) is 7.66. The lowest BCUT2D eigenvalue weighted by Gasteiger charge is -2.09. The molecule has 3 heterocycles. The molecule has 160 valence electrons. The summed E-state index contributed by atoms with van der Waals surface area (Å²) in [7, 11) is 0. The van der Waals surface area contributed by atoms with Gasteiger partial charge in [0.15, 0.2) is 0 Å². The number of nitrogens with one attached hydrogen (secondary N) is 1. The van der Waals surface area contributed by atoms with E-state index in [1.807, 2.05) is 40.7 Å². The van der Waals surface area contributed by atoms with Gasteiger partial charge < -0.3 is 11.1 Å². The number of halogens is 1. The molecule has 29 heavy (non-hydrogen) atoms. The second-order valence-corrected chi connectivity index (χ2v) is 8.17. The third-order valence-electron chi connectivity index (χ3n) is 3.89. The second kappa shape index (κ2) is 14.5. The van der Waals surface area contributed by atoms with Gasteiger partial charge in [0.05, 0.1) is 16.8 Å². The van der Waals surface area contributed by atoms with Crippen molar-refractivity contribution in [1.82, 2.24) is 9.97 Å². The highest BCUT2D eigenvalue weighted by Gasteiger charge is 2.10. The van der Waals surface area contributed by atoms with Crippen LogP contribution < -0.4 is 11.1 Å². The van der Waals surface area contributed by atoms with Crippen LogP contribution in [0.4, 0.5) is 5.82 Å². The summed E-state index contributed by atoms with van der Waals surface area (Å²) in [6, 6.07) is 4.58. The minimum Gasteiger partial charge on any atom is -0.364 e. The molecular weight excluding hydrogens is 420 g/mol. The number of aromatic nitrogens is 2. The maximum absolute atomic E-state index is 5.96. The van der Waals surface area contributed by atoms with Gasteiger partial charge in [0.2, 0.25) is 5.28 Å². The Morgan fingerprint density at radius 1 is 1.17 bits per heavy atom. The van der Waals surface area contributed by atoms with Gasteiger partial charge in [0, 0.05) is 10.9 Å². The number of nitrogens with zero attached hydrogens (tertiary/aromatic N) is 2. The van der Waals surface area contributed by atoms with Crippen molar-refractivity contribution in [2.75, 3.05) is 5.32 Å². The van der Waals surface area contributed by atoms with Gasteiger partial charge in [0.25, 0.3) is 0 Å². The standard InChI is InChI=1S/C12H10ClN3S2.C6H11N.2C2H6/c1-7-6-18-10-9(7)15-12(13)16-11(10)14-5-8-3-2-4-17-8;7-6-4-2-1-3-5-6;2*1-2/h2-4,6H,5H2,1H3,(H,14,15,16);1-2,6H,3-5,7H2;2*1-2H3. The summed E-state index contributed by atoms with van der Waals surface area (Å²) in [4.78, 5) is 9.81. The van der Waals surface area contributed by atoms with E-state index in [0.717, 1.165) is 34.6 Å². The monoisotopic (exact) mass is 452 g/mol. The van der Waals surface area contributed by atoms with Crippen LogP contribution in [0.3, 0.4) is 0 Å². The van der Waals surface area contributed by atoms with Crippen molar-refractivity contribution >= 4 is 50.3 Å². The number of hydrogen-bond donors (Lipinski definition) is 2. The van der Waals surface area contributed by atoms with Crippen LogP contribution in [-0.4, -0.2) is 16.0 Å². The molecule has 0 amide bonds. The average Bonchev–Trinajstić information content (AvgIpc) is 3.41. The molecule has 0 spiro atoms. The Labute approximate surface area is 188 Å². The first-order valence-corrected chi connectivity index (χ1v) is 12.4. The fourth-order valence-corrected chi connectivity index (χ4v) is 4.29. The largest absolute Gasteiger partial charge is 0.364 e. The molecule has 4 rings (SSSR count). The first-order valence-electron chi connectivity index (χ1n) is 10.2. The van der Waals surface area contributed by atoms with E-state index in [1.54, 1.807) is 22.7 Å². The predicted octanol–water partition coefficient (Wildman–Crippen LogP) is 7.43. The lowest BCUT2D eigenvalue weighted by molar-refractivity contribution is 0.606. The van der Waals surface area contributed by atoms with E-state index in [2.05, 4.69) is 44.3 Å². The van der Waals surface area contributed by atoms with Gasteiger partial charge in [-0.3, -0.25) is 0 Å². The molecule has 0 fully saturated rings. The van der Waals surface area contributed by atoms with E-state index >= 15 is 0 Å². The lowest BCUT2D eigenvalue weighted by Crippen LogP contribution is -2.19. The molecule has 1 atom stereocenters. The third-order valence-corrected chi connectivity index (χ3v) is 6.02. The Bertz CT molecular complexity index is 844. The molecule has 1 aliphatic carbocycles. The van der Waals surface area contributed by atoms with Crippen molar-refractivity contribution in [1.29, 1.82) is 0 Å². The normalized spacial score (nSPS) is 14.7. The molecule has 1 aliphatic rings. The number of rotatable bonds is 3. The first-order chi connectivity index (χ1) is 14.1. The molecule has 3 aromatic rings. The maximum atomic E-state index is 5.96. The van der Waals surface area contributed by atoms with E-state index < -0.39 is 0 Å². The van der Waals surface area contributed by atoms with Crippen LogP contribution in [0.2, 0.25) is 5.28 Å². The molecule has 7 heteroatoms. The summed E-state index contributed by atoms with van der Waals surface area (Å²) in [5.74, 6) is 0.816. The fourth-order valence-electron chi connectivity index (χ4n) is 2.53. The molecule has 0 saturated carbocycles. The number of aryl methyl sites for hydroxylation is 1. The molecule has 1 unspecified atom stereocenters. The van der Waals surface area contributed by atoms with Crippen LogP contribution in [0.1, 0.15) is 57.4 Å². The summed E-state index contributed by atoms with van der Waals surface area (Å²) in [5, 5.41) is 7.76. The van der Waals surface area contributed by atoms with Gasteiger partial charge in [-0.1, -0.05) is 45.9 Å². The van der Waals surface area contributed by atoms with Crippen LogP contribution in [-0.2, 0) is 6.54 Å². The van der Waals surface area contributed by atoms with Gasteiger partial charge in [-0.15, -0.1) is 22.7 Å². The van der Waals surface area contributed by atoms with Crippen molar-refractivity contribution in [3.8, 4) is 0 Å². The molecule has 0 radical (unpaired) electrons. The van der Waals surface area contributed by atoms with Gasteiger partial charge in [-0.25, -0.2) is 4.98 Å². The maximum Gasteiger partial charge on any atom is 0.224 e. The van der Waals surface area contributed by atoms with Gasteiger partial charge >= 0.3 is 0 Å². The third kappa shape index (κ3) is 8.42. The number of thiophene rings is 2. The van der Waals surface area contributed by atoms with Crippen LogP contribution in [0.5, 0.6) is 0 Å². The summed E-state index contributed by atoms with van der Waals surface area (Å²) >= 11 is 9.32. The topological polar surface area (TPSA) is 63.8 Å². The zero-order valence-electron chi connectivity index (χ0n) is 18.0. The summed E-state index contributed by atoms with van der Waals surface area (Å²) in [6.45, 7) is 10.8. The zero-order valence-corrected chi connectivity index (χ0v) is 20.4. The van der Waals surface area contributed by atoms with Crippen molar-refractivity contribution in [3.05, 3.63) is 50.8 Å². The van der Waals surface area contributed by atoms with Crippen LogP contribution in [0.15, 0.2) is 35.0 Å². The van der Waals surface area contributed by atoms with E-state index in [4.69, 9.17) is 17.3 Å². The van der Waals surface area contributed by atoms with E-state index in [1.165, 1.54) is 17.7 Å². The van der Waals surface area contributed by atoms with Crippen molar-refractivity contribution in [2.45, 2.75) is 66.5 Å². The van der Waals surface area contributed by atoms with Crippen LogP contribution in [0.25, 0.3) is 10.2 Å². The van der Waals surface area contributed by atoms with Crippen molar-refractivity contribution < 1.29 is 0 Å². The van der Waals surface area contributed by atoms with Gasteiger partial charge in [0.1, 0.15) is 5.82 Å². The summed E-state index contributed by atoms with van der Waals surface area (Å²) < 4.78 is 1.06. The highest BCUT2D eigenvalue weighted by atomic mass is 35.5. The minimum absolute atomic E-state index is 0.290. The molecule has 3 N–H and O–H groups in total. The first kappa shape index (κ1) is 25.6. The quantitative estimate of drug-likeness (QED) is 0.320. The number of fused-ring (bicyclic) bond motifs is 1. The molecule has 3 aromatic heterocycles. The fraction of sp³-hybridized carbons (Fsp3) is 0.455. The Balaban J connectivity index is 0.000000321. The molecule has 0 bridgehead atoms. The Morgan fingerprint density at radius 2 is 1.93 bits per heavy atom. The Hall–Kier alpha value is -1.47. The highest BCUT2D eigenvalue weighted by Crippen LogP contribution is 2.30. The molecule has 0 aliphatic heterocycles. The molecule has 4 nitrogen and oxygen atoms in total. The lowest BCUT2D eigenvalue weighted by atomic mass is 10.0. The number of nitrogens with two attached hydrogens (primary N) is 1. The van der Waals surface area contributed by atoms with Crippen molar-refractivity contribution in [2.24, 2.45) is 5.73 Å². The zero-order chi connectivity index (χ0) is 21.6. The predicted molar refractivity (Wildman–Crippen MR) is 132 cm³/mol. The Morgan fingerprint density at radius 3 is 2.48 bits per heavy atom. The smallest absolute Gasteiger partial charge is 0.224 e.